The number of hydrogen-bond donors (Lipinski definition) is 2. The summed E-state index contributed by atoms with van der Waals surface area (Å²) in [6.07, 6.45) is 6.25. The second-order valence-electron chi connectivity index (χ2n) is 6.68. The van der Waals surface area contributed by atoms with Crippen molar-refractivity contribution < 1.29 is 13.2 Å². The van der Waals surface area contributed by atoms with Crippen molar-refractivity contribution >= 4 is 27.4 Å². The average molecular weight is 351 g/mol. The summed E-state index contributed by atoms with van der Waals surface area (Å²) < 4.78 is 25.7. The van der Waals surface area contributed by atoms with Crippen molar-refractivity contribution in [3.05, 3.63) is 23.8 Å². The first-order valence-corrected chi connectivity index (χ1v) is 10.3. The summed E-state index contributed by atoms with van der Waals surface area (Å²) in [7, 11) is -3.23. The molecule has 3 rings (SSSR count). The van der Waals surface area contributed by atoms with Gasteiger partial charge in [0.25, 0.3) is 0 Å². The topological polar surface area (TPSA) is 78.5 Å². The zero-order valence-corrected chi connectivity index (χ0v) is 14.9. The third-order valence-electron chi connectivity index (χ3n) is 4.78. The van der Waals surface area contributed by atoms with Gasteiger partial charge in [-0.15, -0.1) is 0 Å². The number of nitrogens with zero attached hydrogens (tertiary/aromatic N) is 1. The number of hydrogen-bond acceptors (Lipinski definition) is 3. The van der Waals surface area contributed by atoms with Crippen LogP contribution < -0.4 is 14.9 Å². The number of sulfonamides is 1. The predicted octanol–water partition coefficient (Wildman–Crippen LogP) is 2.99. The molecule has 1 aliphatic carbocycles. The third kappa shape index (κ3) is 3.83. The van der Waals surface area contributed by atoms with Gasteiger partial charge in [0.15, 0.2) is 0 Å². The molecule has 7 heteroatoms. The fourth-order valence-corrected chi connectivity index (χ4v) is 5.08. The molecular formula is C17H25N3O3S. The van der Waals surface area contributed by atoms with Crippen LogP contribution in [-0.4, -0.2) is 32.8 Å². The van der Waals surface area contributed by atoms with E-state index in [0.29, 0.717) is 24.3 Å². The van der Waals surface area contributed by atoms with Gasteiger partial charge in [0.2, 0.25) is 10.0 Å². The van der Waals surface area contributed by atoms with Crippen molar-refractivity contribution in [3.8, 4) is 0 Å². The molecule has 1 saturated heterocycles. The molecule has 2 N–H and O–H groups in total. The van der Waals surface area contributed by atoms with Crippen LogP contribution in [0.4, 0.5) is 16.2 Å². The highest BCUT2D eigenvalue weighted by Gasteiger charge is 2.29. The van der Waals surface area contributed by atoms with Crippen molar-refractivity contribution in [1.29, 1.82) is 0 Å². The van der Waals surface area contributed by atoms with E-state index in [9.17, 15) is 13.2 Å². The van der Waals surface area contributed by atoms with Crippen molar-refractivity contribution in [2.75, 3.05) is 21.9 Å². The van der Waals surface area contributed by atoms with Gasteiger partial charge in [-0.05, 0) is 43.9 Å². The smallest absolute Gasteiger partial charge is 0.319 e. The minimum atomic E-state index is -3.23. The molecule has 6 nitrogen and oxygen atoms in total. The molecule has 0 bridgehead atoms. The van der Waals surface area contributed by atoms with Gasteiger partial charge in [0.05, 0.1) is 11.4 Å². The Kier molecular flexibility index (Phi) is 4.99. The minimum absolute atomic E-state index is 0.187. The summed E-state index contributed by atoms with van der Waals surface area (Å²) in [6, 6.07) is 5.42. The molecule has 0 unspecified atom stereocenters. The Morgan fingerprint density at radius 3 is 2.58 bits per heavy atom. The molecule has 1 heterocycles. The summed E-state index contributed by atoms with van der Waals surface area (Å²) in [6.45, 7) is 2.38. The second kappa shape index (κ2) is 7.01. The van der Waals surface area contributed by atoms with Crippen molar-refractivity contribution in [1.82, 2.24) is 5.32 Å². The molecule has 1 aromatic rings. The Balaban J connectivity index is 1.70. The van der Waals surface area contributed by atoms with Crippen LogP contribution in [0, 0.1) is 6.92 Å². The number of urea groups is 1. The Morgan fingerprint density at radius 1 is 1.17 bits per heavy atom. The van der Waals surface area contributed by atoms with Gasteiger partial charge in [-0.1, -0.05) is 25.3 Å². The third-order valence-corrected chi connectivity index (χ3v) is 6.63. The molecule has 2 amide bonds. The fraction of sp³-hybridized carbons (Fsp3) is 0.588. The number of anilines is 2. The largest absolute Gasteiger partial charge is 0.335 e. The van der Waals surface area contributed by atoms with E-state index in [-0.39, 0.29) is 17.8 Å². The zero-order chi connectivity index (χ0) is 17.2. The number of amides is 2. The summed E-state index contributed by atoms with van der Waals surface area (Å²) in [5.41, 5.74) is 2.16. The molecule has 0 atom stereocenters. The monoisotopic (exact) mass is 351 g/mol. The SMILES string of the molecule is Cc1ccc(NC(=O)NC2CCCCC2)cc1N1CCCS1(=O)=O. The van der Waals surface area contributed by atoms with E-state index in [4.69, 9.17) is 0 Å². The Morgan fingerprint density at radius 2 is 1.92 bits per heavy atom. The first-order chi connectivity index (χ1) is 11.5. The highest BCUT2D eigenvalue weighted by Crippen LogP contribution is 2.30. The molecule has 0 aromatic heterocycles. The molecule has 2 aliphatic rings. The highest BCUT2D eigenvalue weighted by atomic mass is 32.2. The van der Waals surface area contributed by atoms with Gasteiger partial charge < -0.3 is 10.6 Å². The quantitative estimate of drug-likeness (QED) is 0.879. The van der Waals surface area contributed by atoms with Gasteiger partial charge in [0, 0.05) is 18.3 Å². The van der Waals surface area contributed by atoms with E-state index in [0.717, 1.165) is 31.2 Å². The Labute approximate surface area is 143 Å². The molecule has 2 fully saturated rings. The number of carbonyl (C=O) groups excluding carboxylic acids is 1. The van der Waals surface area contributed by atoms with Crippen molar-refractivity contribution in [3.63, 3.8) is 0 Å². The second-order valence-corrected chi connectivity index (χ2v) is 8.69. The van der Waals surface area contributed by atoms with Crippen LogP contribution in [0.3, 0.4) is 0 Å². The van der Waals surface area contributed by atoms with E-state index in [2.05, 4.69) is 10.6 Å². The molecule has 0 radical (unpaired) electrons. The lowest BCUT2D eigenvalue weighted by molar-refractivity contribution is 0.244. The molecule has 1 aliphatic heterocycles. The first-order valence-electron chi connectivity index (χ1n) is 8.64. The van der Waals surface area contributed by atoms with E-state index >= 15 is 0 Å². The van der Waals surface area contributed by atoms with E-state index in [1.54, 1.807) is 6.07 Å². The maximum atomic E-state index is 12.2. The lowest BCUT2D eigenvalue weighted by atomic mass is 9.96. The number of rotatable bonds is 3. The van der Waals surface area contributed by atoms with Crippen molar-refractivity contribution in [2.45, 2.75) is 51.5 Å². The van der Waals surface area contributed by atoms with E-state index in [1.165, 1.54) is 10.7 Å². The van der Waals surface area contributed by atoms with Crippen LogP contribution in [0.15, 0.2) is 18.2 Å². The van der Waals surface area contributed by atoms with Gasteiger partial charge in [0.1, 0.15) is 0 Å². The summed E-state index contributed by atoms with van der Waals surface area (Å²) in [4.78, 5) is 12.2. The van der Waals surface area contributed by atoms with Gasteiger partial charge in [-0.3, -0.25) is 4.31 Å². The fourth-order valence-electron chi connectivity index (χ4n) is 3.47. The molecular weight excluding hydrogens is 326 g/mol. The predicted molar refractivity (Wildman–Crippen MR) is 96.0 cm³/mol. The van der Waals surface area contributed by atoms with Crippen LogP contribution in [-0.2, 0) is 10.0 Å². The van der Waals surface area contributed by atoms with E-state index in [1.807, 2.05) is 19.1 Å². The van der Waals surface area contributed by atoms with Gasteiger partial charge in [-0.25, -0.2) is 13.2 Å². The zero-order valence-electron chi connectivity index (χ0n) is 14.0. The van der Waals surface area contributed by atoms with Gasteiger partial charge >= 0.3 is 6.03 Å². The maximum absolute atomic E-state index is 12.2. The lowest BCUT2D eigenvalue weighted by Crippen LogP contribution is -2.39. The molecule has 1 saturated carbocycles. The first kappa shape index (κ1) is 17.1. The molecule has 24 heavy (non-hydrogen) atoms. The number of benzene rings is 1. The maximum Gasteiger partial charge on any atom is 0.319 e. The molecule has 1 aromatic carbocycles. The van der Waals surface area contributed by atoms with Crippen molar-refractivity contribution in [2.24, 2.45) is 0 Å². The average Bonchev–Trinajstić information content (AvgIpc) is 2.89. The minimum Gasteiger partial charge on any atom is -0.335 e. The van der Waals surface area contributed by atoms with Gasteiger partial charge in [-0.2, -0.15) is 0 Å². The van der Waals surface area contributed by atoms with Crippen LogP contribution in [0.25, 0.3) is 0 Å². The molecule has 132 valence electrons. The van der Waals surface area contributed by atoms with Crippen LogP contribution in [0.2, 0.25) is 0 Å². The molecule has 0 spiro atoms. The standard InChI is InChI=1S/C17H25N3O3S/c1-13-8-9-15(12-16(13)20-10-5-11-24(20,22)23)19-17(21)18-14-6-3-2-4-7-14/h8-9,12,14H,2-7,10-11H2,1H3,(H2,18,19,21). The summed E-state index contributed by atoms with van der Waals surface area (Å²) in [5.74, 6) is 0.187. The van der Waals surface area contributed by atoms with Crippen LogP contribution >= 0.6 is 0 Å². The Hall–Kier alpha value is -1.76. The Bertz CT molecular complexity index is 712. The number of carbonyl (C=O) groups is 1. The number of nitrogens with one attached hydrogen (secondary N) is 2. The highest BCUT2D eigenvalue weighted by molar-refractivity contribution is 7.93. The number of aryl methyl sites for hydroxylation is 1. The van der Waals surface area contributed by atoms with Crippen LogP contribution in [0.1, 0.15) is 44.1 Å². The lowest BCUT2D eigenvalue weighted by Gasteiger charge is -2.23. The van der Waals surface area contributed by atoms with Crippen LogP contribution in [0.5, 0.6) is 0 Å². The summed E-state index contributed by atoms with van der Waals surface area (Å²) >= 11 is 0. The van der Waals surface area contributed by atoms with E-state index < -0.39 is 10.0 Å². The normalized spacial score (nSPS) is 20.8. The summed E-state index contributed by atoms with van der Waals surface area (Å²) in [5, 5.41) is 5.84.